The maximum absolute atomic E-state index is 3.85. The van der Waals surface area contributed by atoms with E-state index < -0.39 is 0 Å². The number of benzene rings is 1. The fraction of sp³-hybridized carbons (Fsp3) is 0.250. The Hall–Kier alpha value is -1.38. The topological polar surface area (TPSA) is 3.24 Å². The van der Waals surface area contributed by atoms with Crippen LogP contribution in [0, 0.1) is 6.92 Å². The van der Waals surface area contributed by atoms with E-state index in [9.17, 15) is 0 Å². The molecule has 0 spiro atoms. The van der Waals surface area contributed by atoms with Gasteiger partial charge in [-0.25, -0.2) is 0 Å². The van der Waals surface area contributed by atoms with Crippen molar-refractivity contribution < 1.29 is 0 Å². The van der Waals surface area contributed by atoms with E-state index in [0.717, 1.165) is 19.6 Å². The minimum Gasteiger partial charge on any atom is -0.290 e. The molecule has 18 heavy (non-hydrogen) atoms. The van der Waals surface area contributed by atoms with E-state index in [4.69, 9.17) is 0 Å². The number of aryl methyl sites for hydroxylation is 1. The van der Waals surface area contributed by atoms with Gasteiger partial charge in [0.15, 0.2) is 0 Å². The first-order valence-corrected chi connectivity index (χ1v) is 7.07. The van der Waals surface area contributed by atoms with Crippen molar-refractivity contribution in [1.29, 1.82) is 0 Å². The van der Waals surface area contributed by atoms with Crippen LogP contribution in [0.4, 0.5) is 0 Å². The van der Waals surface area contributed by atoms with Crippen LogP contribution in [0.25, 0.3) is 0 Å². The van der Waals surface area contributed by atoms with Crippen LogP contribution in [0.3, 0.4) is 0 Å². The molecule has 0 unspecified atom stereocenters. The van der Waals surface area contributed by atoms with Gasteiger partial charge in [0, 0.05) is 24.5 Å². The summed E-state index contributed by atoms with van der Waals surface area (Å²) in [5.74, 6) is 0. The summed E-state index contributed by atoms with van der Waals surface area (Å²) in [4.78, 5) is 3.81. The van der Waals surface area contributed by atoms with Crippen LogP contribution in [-0.2, 0) is 13.1 Å². The van der Waals surface area contributed by atoms with E-state index in [1.54, 1.807) is 0 Å². The molecule has 2 aromatic rings. The second-order valence-electron chi connectivity index (χ2n) is 4.52. The third kappa shape index (κ3) is 3.83. The number of thiophene rings is 1. The van der Waals surface area contributed by atoms with E-state index in [1.165, 1.54) is 16.0 Å². The van der Waals surface area contributed by atoms with E-state index in [-0.39, 0.29) is 0 Å². The monoisotopic (exact) mass is 257 g/mol. The SMILES string of the molecule is C=CCN(Cc1ccc(C)cc1)Cc1cccs1. The molecule has 1 nitrogen and oxygen atoms in total. The zero-order valence-electron chi connectivity index (χ0n) is 10.8. The highest BCUT2D eigenvalue weighted by Crippen LogP contribution is 2.14. The van der Waals surface area contributed by atoms with Crippen molar-refractivity contribution in [2.75, 3.05) is 6.54 Å². The first-order valence-electron chi connectivity index (χ1n) is 6.19. The summed E-state index contributed by atoms with van der Waals surface area (Å²) in [5, 5.41) is 2.13. The van der Waals surface area contributed by atoms with Gasteiger partial charge in [-0.1, -0.05) is 42.0 Å². The van der Waals surface area contributed by atoms with Crippen molar-refractivity contribution >= 4 is 11.3 Å². The van der Waals surface area contributed by atoms with Crippen molar-refractivity contribution in [3.63, 3.8) is 0 Å². The average molecular weight is 257 g/mol. The first-order chi connectivity index (χ1) is 8.78. The van der Waals surface area contributed by atoms with E-state index in [1.807, 2.05) is 17.4 Å². The Morgan fingerprint density at radius 1 is 1.17 bits per heavy atom. The molecule has 0 fully saturated rings. The summed E-state index contributed by atoms with van der Waals surface area (Å²) >= 11 is 1.81. The van der Waals surface area contributed by atoms with Crippen molar-refractivity contribution in [3.05, 3.63) is 70.4 Å². The molecule has 0 N–H and O–H groups in total. The minimum atomic E-state index is 0.922. The number of hydrogen-bond acceptors (Lipinski definition) is 2. The molecule has 2 rings (SSSR count). The Balaban J connectivity index is 2.01. The Bertz CT molecular complexity index is 470. The molecule has 1 aromatic carbocycles. The highest BCUT2D eigenvalue weighted by atomic mass is 32.1. The maximum Gasteiger partial charge on any atom is 0.0334 e. The van der Waals surface area contributed by atoms with Crippen molar-refractivity contribution in [1.82, 2.24) is 4.90 Å². The summed E-state index contributed by atoms with van der Waals surface area (Å²) < 4.78 is 0. The summed E-state index contributed by atoms with van der Waals surface area (Å²) in [6.45, 7) is 8.87. The van der Waals surface area contributed by atoms with Crippen LogP contribution in [-0.4, -0.2) is 11.4 Å². The summed E-state index contributed by atoms with van der Waals surface area (Å²) in [6.07, 6.45) is 1.97. The van der Waals surface area contributed by atoms with E-state index in [0.29, 0.717) is 0 Å². The number of rotatable bonds is 6. The quantitative estimate of drug-likeness (QED) is 0.699. The fourth-order valence-corrected chi connectivity index (χ4v) is 2.69. The molecule has 1 aromatic heterocycles. The van der Waals surface area contributed by atoms with Crippen molar-refractivity contribution in [2.24, 2.45) is 0 Å². The molecule has 0 aliphatic carbocycles. The minimum absolute atomic E-state index is 0.922. The summed E-state index contributed by atoms with van der Waals surface area (Å²) in [7, 11) is 0. The van der Waals surface area contributed by atoms with Crippen LogP contribution in [0.2, 0.25) is 0 Å². The van der Waals surface area contributed by atoms with Gasteiger partial charge < -0.3 is 0 Å². The normalized spacial score (nSPS) is 10.8. The standard InChI is InChI=1S/C16H19NS/c1-3-10-17(13-16-5-4-11-18-16)12-15-8-6-14(2)7-9-15/h3-9,11H,1,10,12-13H2,2H3. The molecule has 0 aliphatic rings. The molecule has 0 bridgehead atoms. The van der Waals surface area contributed by atoms with E-state index in [2.05, 4.69) is 60.2 Å². The molecule has 0 aliphatic heterocycles. The summed E-state index contributed by atoms with van der Waals surface area (Å²) in [6, 6.07) is 13.1. The molecule has 2 heteroatoms. The number of hydrogen-bond donors (Lipinski definition) is 0. The molecule has 94 valence electrons. The largest absolute Gasteiger partial charge is 0.290 e. The van der Waals surface area contributed by atoms with Crippen LogP contribution < -0.4 is 0 Å². The molecule has 0 saturated heterocycles. The van der Waals surface area contributed by atoms with Gasteiger partial charge in [0.2, 0.25) is 0 Å². The van der Waals surface area contributed by atoms with Gasteiger partial charge in [-0.3, -0.25) is 4.90 Å². The highest BCUT2D eigenvalue weighted by Gasteiger charge is 2.06. The maximum atomic E-state index is 3.85. The lowest BCUT2D eigenvalue weighted by atomic mass is 10.1. The third-order valence-corrected chi connectivity index (χ3v) is 3.73. The van der Waals surface area contributed by atoms with Gasteiger partial charge in [-0.05, 0) is 23.9 Å². The second kappa shape index (κ2) is 6.53. The third-order valence-electron chi connectivity index (χ3n) is 2.87. The van der Waals surface area contributed by atoms with Gasteiger partial charge >= 0.3 is 0 Å². The predicted molar refractivity (Wildman–Crippen MR) is 79.8 cm³/mol. The van der Waals surface area contributed by atoms with Gasteiger partial charge in [0.25, 0.3) is 0 Å². The van der Waals surface area contributed by atoms with Gasteiger partial charge in [0.1, 0.15) is 0 Å². The van der Waals surface area contributed by atoms with Crippen LogP contribution in [0.1, 0.15) is 16.0 Å². The predicted octanol–water partition coefficient (Wildman–Crippen LogP) is 4.24. The lowest BCUT2D eigenvalue weighted by Gasteiger charge is -2.20. The van der Waals surface area contributed by atoms with E-state index >= 15 is 0 Å². The highest BCUT2D eigenvalue weighted by molar-refractivity contribution is 7.09. The lowest BCUT2D eigenvalue weighted by Crippen LogP contribution is -2.22. The zero-order chi connectivity index (χ0) is 12.8. The molecule has 1 heterocycles. The van der Waals surface area contributed by atoms with Gasteiger partial charge in [-0.2, -0.15) is 0 Å². The molecule has 0 amide bonds. The van der Waals surface area contributed by atoms with Crippen LogP contribution >= 0.6 is 11.3 Å². The van der Waals surface area contributed by atoms with Crippen LogP contribution in [0.5, 0.6) is 0 Å². The lowest BCUT2D eigenvalue weighted by molar-refractivity contribution is 0.289. The van der Waals surface area contributed by atoms with Crippen molar-refractivity contribution in [3.8, 4) is 0 Å². The first kappa shape index (κ1) is 13.1. The molecular formula is C16H19NS. The Kier molecular flexibility index (Phi) is 4.73. The molecule has 0 saturated carbocycles. The Morgan fingerprint density at radius 3 is 2.56 bits per heavy atom. The fourth-order valence-electron chi connectivity index (χ4n) is 1.94. The van der Waals surface area contributed by atoms with Crippen molar-refractivity contribution in [2.45, 2.75) is 20.0 Å². The van der Waals surface area contributed by atoms with Gasteiger partial charge in [-0.15, -0.1) is 17.9 Å². The summed E-state index contributed by atoms with van der Waals surface area (Å²) in [5.41, 5.74) is 2.67. The Labute approximate surface area is 113 Å². The average Bonchev–Trinajstić information content (AvgIpc) is 2.85. The Morgan fingerprint density at radius 2 is 1.94 bits per heavy atom. The van der Waals surface area contributed by atoms with Gasteiger partial charge in [0.05, 0.1) is 0 Å². The smallest absolute Gasteiger partial charge is 0.0334 e. The molecule has 0 radical (unpaired) electrons. The molecule has 0 atom stereocenters. The number of nitrogens with zero attached hydrogens (tertiary/aromatic N) is 1. The van der Waals surface area contributed by atoms with Crippen LogP contribution in [0.15, 0.2) is 54.4 Å². The second-order valence-corrected chi connectivity index (χ2v) is 5.56. The molecular weight excluding hydrogens is 238 g/mol. The zero-order valence-corrected chi connectivity index (χ0v) is 11.6.